The fourth-order valence-electron chi connectivity index (χ4n) is 4.32. The minimum Gasteiger partial charge on any atom is -0.346 e. The molecule has 1 aliphatic heterocycles. The average Bonchev–Trinajstić information content (AvgIpc) is 3.29. The van der Waals surface area contributed by atoms with Crippen molar-refractivity contribution in [2.45, 2.75) is 26.4 Å². The van der Waals surface area contributed by atoms with Gasteiger partial charge in [0, 0.05) is 26.2 Å². The van der Waals surface area contributed by atoms with Crippen LogP contribution in [0.5, 0.6) is 0 Å². The van der Waals surface area contributed by atoms with Crippen LogP contribution in [0.1, 0.15) is 33.6 Å². The number of amides is 1. The summed E-state index contributed by atoms with van der Waals surface area (Å²) < 4.78 is 43.1. The zero-order valence-electron chi connectivity index (χ0n) is 19.3. The quantitative estimate of drug-likeness (QED) is 0.375. The number of rotatable bonds is 3. The van der Waals surface area contributed by atoms with Crippen molar-refractivity contribution in [1.29, 1.82) is 0 Å². The third-order valence-corrected chi connectivity index (χ3v) is 7.39. The maximum Gasteiger partial charge on any atom is 0.417 e. The van der Waals surface area contributed by atoms with Gasteiger partial charge in [0.15, 0.2) is 10.8 Å². The van der Waals surface area contributed by atoms with Gasteiger partial charge in [-0.05, 0) is 44.5 Å². The number of fused-ring (bicyclic) bond motifs is 1. The number of hydrogen-bond donors (Lipinski definition) is 0. The standard InChI is InChI=1S/C25H24F3N5OS/c1-16-8-10-18(11-9-16)33-22-21(17(2)30-33)35-24(29-22)32-13-5-12-31(14-15-32)23(34)19-6-3-4-7-20(19)25(26,27)28/h3-4,6-11H,5,12-15H2,1-2H3. The van der Waals surface area contributed by atoms with E-state index in [0.717, 1.165) is 38.5 Å². The summed E-state index contributed by atoms with van der Waals surface area (Å²) in [6.45, 7) is 5.86. The zero-order valence-corrected chi connectivity index (χ0v) is 20.2. The number of aryl methyl sites for hydroxylation is 2. The highest BCUT2D eigenvalue weighted by atomic mass is 32.1. The molecule has 0 unspecified atom stereocenters. The van der Waals surface area contributed by atoms with E-state index < -0.39 is 17.6 Å². The molecule has 0 atom stereocenters. The Morgan fingerprint density at radius 2 is 1.71 bits per heavy atom. The lowest BCUT2D eigenvalue weighted by atomic mass is 10.1. The molecule has 1 saturated heterocycles. The largest absolute Gasteiger partial charge is 0.417 e. The topological polar surface area (TPSA) is 54.3 Å². The highest BCUT2D eigenvalue weighted by molar-refractivity contribution is 7.22. The van der Waals surface area contributed by atoms with Gasteiger partial charge in [-0.15, -0.1) is 0 Å². The summed E-state index contributed by atoms with van der Waals surface area (Å²) in [7, 11) is 0. The molecular formula is C25H24F3N5OS. The average molecular weight is 500 g/mol. The van der Waals surface area contributed by atoms with Crippen LogP contribution in [-0.2, 0) is 6.18 Å². The second-order valence-electron chi connectivity index (χ2n) is 8.66. The number of halogens is 3. The fourth-order valence-corrected chi connectivity index (χ4v) is 5.36. The first-order valence-corrected chi connectivity index (χ1v) is 12.2. The van der Waals surface area contributed by atoms with E-state index in [2.05, 4.69) is 10.00 Å². The molecule has 0 aliphatic carbocycles. The Bertz CT molecular complexity index is 1380. The van der Waals surface area contributed by atoms with Crippen LogP contribution < -0.4 is 4.90 Å². The Balaban J connectivity index is 1.37. The number of hydrogen-bond acceptors (Lipinski definition) is 5. The number of carbonyl (C=O) groups excluding carboxylic acids is 1. The van der Waals surface area contributed by atoms with Crippen LogP contribution in [-0.4, -0.2) is 51.8 Å². The van der Waals surface area contributed by atoms with Gasteiger partial charge in [-0.3, -0.25) is 4.79 Å². The van der Waals surface area contributed by atoms with E-state index in [1.165, 1.54) is 23.1 Å². The van der Waals surface area contributed by atoms with Crippen LogP contribution in [0.2, 0.25) is 0 Å². The summed E-state index contributed by atoms with van der Waals surface area (Å²) in [5.41, 5.74) is 2.56. The van der Waals surface area contributed by atoms with E-state index in [1.807, 2.05) is 42.8 Å². The molecule has 35 heavy (non-hydrogen) atoms. The lowest BCUT2D eigenvalue weighted by molar-refractivity contribution is -0.138. The number of carbonyl (C=O) groups is 1. The molecule has 1 amide bonds. The normalized spacial score (nSPS) is 15.0. The summed E-state index contributed by atoms with van der Waals surface area (Å²) >= 11 is 1.55. The predicted molar refractivity (Wildman–Crippen MR) is 130 cm³/mol. The van der Waals surface area contributed by atoms with Crippen molar-refractivity contribution >= 4 is 32.7 Å². The smallest absolute Gasteiger partial charge is 0.346 e. The third-order valence-electron chi connectivity index (χ3n) is 6.17. The van der Waals surface area contributed by atoms with Crippen molar-refractivity contribution in [3.05, 3.63) is 70.9 Å². The Kier molecular flexibility index (Phi) is 6.00. The molecule has 2 aromatic carbocycles. The summed E-state index contributed by atoms with van der Waals surface area (Å²) in [5.74, 6) is -0.588. The molecule has 6 nitrogen and oxygen atoms in total. The van der Waals surface area contributed by atoms with Gasteiger partial charge in [0.1, 0.15) is 0 Å². The first kappa shape index (κ1) is 23.3. The van der Waals surface area contributed by atoms with Crippen molar-refractivity contribution in [3.63, 3.8) is 0 Å². The van der Waals surface area contributed by atoms with Crippen molar-refractivity contribution < 1.29 is 18.0 Å². The maximum absolute atomic E-state index is 13.4. The third kappa shape index (κ3) is 4.50. The first-order chi connectivity index (χ1) is 16.7. The van der Waals surface area contributed by atoms with Crippen molar-refractivity contribution in [3.8, 4) is 5.69 Å². The molecule has 0 N–H and O–H groups in total. The second-order valence-corrected chi connectivity index (χ2v) is 9.64. The van der Waals surface area contributed by atoms with Gasteiger partial charge in [0.05, 0.1) is 27.2 Å². The predicted octanol–water partition coefficient (Wildman–Crippen LogP) is 5.47. The molecule has 4 aromatic rings. The van der Waals surface area contributed by atoms with Crippen LogP contribution in [0.3, 0.4) is 0 Å². The zero-order chi connectivity index (χ0) is 24.7. The fraction of sp³-hybridized carbons (Fsp3) is 0.320. The molecule has 10 heteroatoms. The SMILES string of the molecule is Cc1ccc(-n2nc(C)c3sc(N4CCCN(C(=O)c5ccccc5C(F)(F)F)CC4)nc32)cc1. The van der Waals surface area contributed by atoms with Gasteiger partial charge in [-0.2, -0.15) is 23.3 Å². The second kappa shape index (κ2) is 8.99. The molecule has 0 bridgehead atoms. The van der Waals surface area contributed by atoms with Crippen LogP contribution in [0.25, 0.3) is 16.0 Å². The molecular weight excluding hydrogens is 475 g/mol. The van der Waals surface area contributed by atoms with E-state index in [9.17, 15) is 18.0 Å². The van der Waals surface area contributed by atoms with Gasteiger partial charge in [-0.25, -0.2) is 4.68 Å². The summed E-state index contributed by atoms with van der Waals surface area (Å²) in [4.78, 5) is 21.5. The Labute approximate surface area is 204 Å². The summed E-state index contributed by atoms with van der Waals surface area (Å²) in [5, 5.41) is 5.48. The Morgan fingerprint density at radius 1 is 0.971 bits per heavy atom. The highest BCUT2D eigenvalue weighted by Gasteiger charge is 2.36. The van der Waals surface area contributed by atoms with Crippen LogP contribution >= 0.6 is 11.3 Å². The van der Waals surface area contributed by atoms with Gasteiger partial charge in [0.25, 0.3) is 5.91 Å². The van der Waals surface area contributed by atoms with Crippen molar-refractivity contribution in [1.82, 2.24) is 19.7 Å². The molecule has 182 valence electrons. The van der Waals surface area contributed by atoms with E-state index in [4.69, 9.17) is 4.98 Å². The van der Waals surface area contributed by atoms with Gasteiger partial charge >= 0.3 is 6.18 Å². The molecule has 0 spiro atoms. The molecule has 2 aromatic heterocycles. The highest BCUT2D eigenvalue weighted by Crippen LogP contribution is 2.34. The number of alkyl halides is 3. The van der Waals surface area contributed by atoms with Crippen LogP contribution in [0, 0.1) is 13.8 Å². The van der Waals surface area contributed by atoms with Crippen molar-refractivity contribution in [2.75, 3.05) is 31.1 Å². The van der Waals surface area contributed by atoms with Gasteiger partial charge < -0.3 is 9.80 Å². The summed E-state index contributed by atoms with van der Waals surface area (Å²) in [6, 6.07) is 13.1. The van der Waals surface area contributed by atoms with Crippen LogP contribution in [0.4, 0.5) is 18.3 Å². The molecule has 1 aliphatic rings. The summed E-state index contributed by atoms with van der Waals surface area (Å²) in [6.07, 6.45) is -3.94. The van der Waals surface area contributed by atoms with Gasteiger partial charge in [-0.1, -0.05) is 41.2 Å². The maximum atomic E-state index is 13.4. The van der Waals surface area contributed by atoms with Crippen molar-refractivity contribution in [2.24, 2.45) is 0 Å². The van der Waals surface area contributed by atoms with E-state index in [1.54, 1.807) is 11.3 Å². The lowest BCUT2D eigenvalue weighted by Crippen LogP contribution is -2.36. The monoisotopic (exact) mass is 499 g/mol. The molecule has 0 radical (unpaired) electrons. The molecule has 1 fully saturated rings. The van der Waals surface area contributed by atoms with Gasteiger partial charge in [0.2, 0.25) is 0 Å². The number of nitrogens with zero attached hydrogens (tertiary/aromatic N) is 5. The Morgan fingerprint density at radius 3 is 2.46 bits per heavy atom. The molecule has 3 heterocycles. The number of benzene rings is 2. The lowest BCUT2D eigenvalue weighted by Gasteiger charge is -2.23. The molecule has 5 rings (SSSR count). The van der Waals surface area contributed by atoms with Crippen LogP contribution in [0.15, 0.2) is 48.5 Å². The Hall–Kier alpha value is -3.40. The number of anilines is 1. The van der Waals surface area contributed by atoms with E-state index in [-0.39, 0.29) is 5.56 Å². The first-order valence-electron chi connectivity index (χ1n) is 11.4. The van der Waals surface area contributed by atoms with E-state index >= 15 is 0 Å². The van der Waals surface area contributed by atoms with E-state index in [0.29, 0.717) is 32.6 Å². The number of thiazole rings is 1. The minimum absolute atomic E-state index is 0.303. The minimum atomic E-state index is -4.58. The number of aromatic nitrogens is 3. The molecule has 0 saturated carbocycles.